The minimum absolute atomic E-state index is 0.0425. The maximum absolute atomic E-state index is 15.2. The van der Waals surface area contributed by atoms with Crippen molar-refractivity contribution in [1.29, 1.82) is 0 Å². The smallest absolute Gasteiger partial charge is 0.170 e. The third kappa shape index (κ3) is 4.42. The molecule has 0 bridgehead atoms. The fourth-order valence-corrected chi connectivity index (χ4v) is 4.88. The first-order valence-corrected chi connectivity index (χ1v) is 12.3. The summed E-state index contributed by atoms with van der Waals surface area (Å²) >= 11 is 1.26. The van der Waals surface area contributed by atoms with Gasteiger partial charge in [0.05, 0.1) is 51.1 Å². The lowest BCUT2D eigenvalue weighted by atomic mass is 9.98. The van der Waals surface area contributed by atoms with E-state index in [0.29, 0.717) is 57.5 Å². The number of benzene rings is 2. The van der Waals surface area contributed by atoms with Gasteiger partial charge in [0, 0.05) is 12.1 Å². The van der Waals surface area contributed by atoms with Gasteiger partial charge in [-0.2, -0.15) is 0 Å². The molecule has 5 rings (SSSR count). The molecule has 0 saturated carbocycles. The fourth-order valence-electron chi connectivity index (χ4n) is 4.16. The summed E-state index contributed by atoms with van der Waals surface area (Å²) < 4.78 is 27.6. The van der Waals surface area contributed by atoms with Crippen LogP contribution in [0.15, 0.2) is 42.3 Å². The summed E-state index contributed by atoms with van der Waals surface area (Å²) in [5, 5.41) is 3.83. The van der Waals surface area contributed by atoms with Gasteiger partial charge in [0.25, 0.3) is 0 Å². The van der Waals surface area contributed by atoms with Crippen LogP contribution in [-0.4, -0.2) is 47.5 Å². The number of nitrogens with zero attached hydrogens (tertiary/aromatic N) is 3. The maximum atomic E-state index is 15.2. The van der Waals surface area contributed by atoms with E-state index in [1.54, 1.807) is 17.6 Å². The van der Waals surface area contributed by atoms with Crippen molar-refractivity contribution < 1.29 is 18.9 Å². The number of hydrogen-bond donors (Lipinski definition) is 3. The number of nitrogens with one attached hydrogen (secondary N) is 2. The van der Waals surface area contributed by atoms with Crippen molar-refractivity contribution in [3.8, 4) is 5.75 Å². The Hall–Kier alpha value is -3.63. The molecule has 0 spiro atoms. The van der Waals surface area contributed by atoms with E-state index in [9.17, 15) is 0 Å². The van der Waals surface area contributed by atoms with Crippen LogP contribution in [0.2, 0.25) is 0 Å². The number of nitrogens with two attached hydrogens (primary N) is 1. The van der Waals surface area contributed by atoms with E-state index < -0.39 is 0 Å². The Morgan fingerprint density at radius 1 is 1.31 bits per heavy atom. The van der Waals surface area contributed by atoms with Crippen LogP contribution in [0, 0.1) is 11.7 Å². The van der Waals surface area contributed by atoms with Crippen LogP contribution in [0.3, 0.4) is 0 Å². The number of fused-ring (bicyclic) bond motifs is 2. The number of allylic oxidation sites excluding steroid dienone is 1. The van der Waals surface area contributed by atoms with Crippen molar-refractivity contribution in [1.82, 2.24) is 15.0 Å². The maximum Gasteiger partial charge on any atom is 0.170 e. The Labute approximate surface area is 205 Å². The van der Waals surface area contributed by atoms with Gasteiger partial charge in [0.2, 0.25) is 0 Å². The Balaban J connectivity index is 1.64. The number of aromatic nitrogens is 3. The van der Waals surface area contributed by atoms with Crippen LogP contribution < -0.4 is 20.8 Å². The molecule has 8 nitrogen and oxygen atoms in total. The number of ether oxygens (including phenoxy) is 2. The molecule has 1 fully saturated rings. The minimum atomic E-state index is -0.370. The average molecular weight is 494 g/mol. The van der Waals surface area contributed by atoms with Crippen LogP contribution >= 0.6 is 11.3 Å². The molecule has 2 aromatic carbocycles. The van der Waals surface area contributed by atoms with Crippen LogP contribution in [0.25, 0.3) is 26.7 Å². The molecule has 180 valence electrons. The molecule has 10 heteroatoms. The summed E-state index contributed by atoms with van der Waals surface area (Å²) in [6.45, 7) is 3.42. The number of anilines is 2. The first-order chi connectivity index (χ1) is 17.1. The zero-order valence-electron chi connectivity index (χ0n) is 19.4. The van der Waals surface area contributed by atoms with Gasteiger partial charge in [0.15, 0.2) is 12.0 Å². The van der Waals surface area contributed by atoms with Crippen molar-refractivity contribution in [3.63, 3.8) is 0 Å². The van der Waals surface area contributed by atoms with Gasteiger partial charge < -0.3 is 20.5 Å². The highest BCUT2D eigenvalue weighted by Gasteiger charge is 2.30. The predicted molar refractivity (Wildman–Crippen MR) is 137 cm³/mol. The largest absolute Gasteiger partial charge is 0.489 e. The molecule has 1 saturated heterocycles. The summed E-state index contributed by atoms with van der Waals surface area (Å²) in [6.07, 6.45) is 5.56. The molecule has 1 aliphatic heterocycles. The first kappa shape index (κ1) is 23.1. The molecule has 0 amide bonds. The van der Waals surface area contributed by atoms with E-state index in [-0.39, 0.29) is 11.9 Å². The monoisotopic (exact) mass is 493 g/mol. The standard InChI is InChI=1S/C25H25FN6O2S/c1-3-20(16-10-33-11-16)34-21-7-14(15(8-27)9-28-2)6-19-22(21)25(30-12-29-19)32-17-4-5-18-24(23(17)26)35-13-31-18/h4-9,12-13,16,20H,3,10-11,27H2,1-2H3,(H,29,30,32)/p+1/b15-8+,28-9?. The van der Waals surface area contributed by atoms with Gasteiger partial charge in [-0.15, -0.1) is 11.3 Å². The molecule has 2 aromatic heterocycles. The second kappa shape index (κ2) is 9.93. The van der Waals surface area contributed by atoms with Gasteiger partial charge in [-0.05, 0) is 36.2 Å². The Kier molecular flexibility index (Phi) is 6.56. The zero-order valence-corrected chi connectivity index (χ0v) is 20.2. The van der Waals surface area contributed by atoms with Crippen molar-refractivity contribution in [3.05, 3.63) is 53.7 Å². The molecular weight excluding hydrogens is 467 g/mol. The Bertz CT molecular complexity index is 1430. The summed E-state index contributed by atoms with van der Waals surface area (Å²) in [7, 11) is 1.81. The van der Waals surface area contributed by atoms with Crippen molar-refractivity contribution in [2.75, 3.05) is 25.6 Å². The molecule has 35 heavy (non-hydrogen) atoms. The van der Waals surface area contributed by atoms with E-state index in [4.69, 9.17) is 15.2 Å². The topological polar surface area (TPSA) is 109 Å². The van der Waals surface area contributed by atoms with Gasteiger partial charge in [-0.3, -0.25) is 4.99 Å². The lowest BCUT2D eigenvalue weighted by molar-refractivity contribution is -0.412. The van der Waals surface area contributed by atoms with Gasteiger partial charge in [-0.25, -0.2) is 19.3 Å². The summed E-state index contributed by atoms with van der Waals surface area (Å²) in [6, 6.07) is 7.29. The molecule has 1 atom stereocenters. The summed E-state index contributed by atoms with van der Waals surface area (Å²) in [5.74, 6) is 0.988. The van der Waals surface area contributed by atoms with Gasteiger partial charge in [0.1, 0.15) is 31.0 Å². The van der Waals surface area contributed by atoms with Crippen LogP contribution in [0.5, 0.6) is 5.75 Å². The van der Waals surface area contributed by atoms with Crippen LogP contribution in [0.4, 0.5) is 15.9 Å². The highest BCUT2D eigenvalue weighted by molar-refractivity contribution is 7.16. The number of thiazole rings is 1. The lowest BCUT2D eigenvalue weighted by Crippen LogP contribution is -2.63. The molecule has 0 aliphatic carbocycles. The SMILES string of the molecule is CCC(Oc1cc(/C(C=[NH+]C)=C/N)cc2ncnc(Nc3ccc4ncsc4c3F)c12)C1COC1. The number of hydrogen-bond acceptors (Lipinski definition) is 8. The second-order valence-corrected chi connectivity index (χ2v) is 9.12. The molecule has 4 N–H and O–H groups in total. The third-order valence-electron chi connectivity index (χ3n) is 6.08. The molecule has 1 aliphatic rings. The molecule has 0 radical (unpaired) electrons. The summed E-state index contributed by atoms with van der Waals surface area (Å²) in [5.41, 5.74) is 10.7. The molecule has 1 unspecified atom stereocenters. The Morgan fingerprint density at radius 2 is 2.17 bits per heavy atom. The average Bonchev–Trinajstić information content (AvgIpc) is 3.32. The van der Waals surface area contributed by atoms with Crippen molar-refractivity contribution in [2.45, 2.75) is 19.4 Å². The first-order valence-electron chi connectivity index (χ1n) is 11.4. The van der Waals surface area contributed by atoms with Gasteiger partial charge in [-0.1, -0.05) is 6.92 Å². The molecule has 3 heterocycles. The summed E-state index contributed by atoms with van der Waals surface area (Å²) in [4.78, 5) is 16.1. The van der Waals surface area contributed by atoms with E-state index in [1.165, 1.54) is 23.9 Å². The minimum Gasteiger partial charge on any atom is -0.489 e. The quantitative estimate of drug-likeness (QED) is 0.324. The van der Waals surface area contributed by atoms with E-state index in [2.05, 4.69) is 32.2 Å². The molecular formula is C25H26FN6O2S+. The van der Waals surface area contributed by atoms with Crippen LogP contribution in [-0.2, 0) is 4.74 Å². The Morgan fingerprint density at radius 3 is 2.89 bits per heavy atom. The number of rotatable bonds is 8. The van der Waals surface area contributed by atoms with Crippen molar-refractivity contribution in [2.24, 2.45) is 11.7 Å². The zero-order chi connectivity index (χ0) is 24.4. The molecule has 4 aromatic rings. The van der Waals surface area contributed by atoms with E-state index in [1.807, 2.05) is 25.4 Å². The second-order valence-electron chi connectivity index (χ2n) is 8.26. The van der Waals surface area contributed by atoms with Gasteiger partial charge >= 0.3 is 0 Å². The highest BCUT2D eigenvalue weighted by atomic mass is 32.1. The van der Waals surface area contributed by atoms with E-state index in [0.717, 1.165) is 17.6 Å². The third-order valence-corrected chi connectivity index (χ3v) is 6.91. The van der Waals surface area contributed by atoms with E-state index >= 15 is 4.39 Å². The fraction of sp³-hybridized carbons (Fsp3) is 0.280. The predicted octanol–water partition coefficient (Wildman–Crippen LogP) is 3.01. The van der Waals surface area contributed by atoms with Crippen molar-refractivity contribution >= 4 is 55.7 Å². The van der Waals surface area contributed by atoms with Crippen LogP contribution in [0.1, 0.15) is 18.9 Å². The number of halogens is 1. The lowest BCUT2D eigenvalue weighted by Gasteiger charge is -2.33. The normalized spacial score (nSPS) is 15.6. The highest BCUT2D eigenvalue weighted by Crippen LogP contribution is 2.37.